The zero-order valence-electron chi connectivity index (χ0n) is 12.0. The minimum absolute atomic E-state index is 0.0330. The van der Waals surface area contributed by atoms with Crippen molar-refractivity contribution in [1.82, 2.24) is 4.90 Å². The first-order valence-electron chi connectivity index (χ1n) is 6.97. The standard InChI is InChI=1S/C17H19NO3/c1-2-18(12-13-19)17(20)14-8-10-16(11-9-14)21-15-6-4-3-5-7-15/h3-11,19H,2,12-13H2,1H3. The van der Waals surface area contributed by atoms with Gasteiger partial charge in [-0.15, -0.1) is 0 Å². The molecular weight excluding hydrogens is 266 g/mol. The van der Waals surface area contributed by atoms with Crippen molar-refractivity contribution in [2.45, 2.75) is 6.92 Å². The van der Waals surface area contributed by atoms with E-state index in [2.05, 4.69) is 0 Å². The van der Waals surface area contributed by atoms with Crippen LogP contribution >= 0.6 is 0 Å². The lowest BCUT2D eigenvalue weighted by atomic mass is 10.2. The molecule has 0 radical (unpaired) electrons. The molecule has 1 N–H and O–H groups in total. The lowest BCUT2D eigenvalue weighted by Crippen LogP contribution is -2.33. The van der Waals surface area contributed by atoms with Gasteiger partial charge in [0.05, 0.1) is 6.61 Å². The molecular formula is C17H19NO3. The first kappa shape index (κ1) is 15.1. The Morgan fingerprint density at radius 2 is 1.67 bits per heavy atom. The van der Waals surface area contributed by atoms with Crippen LogP contribution in [0.15, 0.2) is 54.6 Å². The van der Waals surface area contributed by atoms with Gasteiger partial charge in [-0.25, -0.2) is 0 Å². The van der Waals surface area contributed by atoms with Crippen molar-refractivity contribution in [2.24, 2.45) is 0 Å². The van der Waals surface area contributed by atoms with E-state index in [1.807, 2.05) is 37.3 Å². The molecule has 2 rings (SSSR count). The highest BCUT2D eigenvalue weighted by molar-refractivity contribution is 5.94. The summed E-state index contributed by atoms with van der Waals surface area (Å²) >= 11 is 0. The summed E-state index contributed by atoms with van der Waals surface area (Å²) in [7, 11) is 0. The highest BCUT2D eigenvalue weighted by Gasteiger charge is 2.13. The van der Waals surface area contributed by atoms with E-state index in [9.17, 15) is 4.79 Å². The molecule has 0 bridgehead atoms. The van der Waals surface area contributed by atoms with E-state index in [0.29, 0.717) is 24.4 Å². The van der Waals surface area contributed by atoms with Gasteiger partial charge in [-0.2, -0.15) is 0 Å². The predicted octanol–water partition coefficient (Wildman–Crippen LogP) is 2.93. The summed E-state index contributed by atoms with van der Waals surface area (Å²) in [6, 6.07) is 16.5. The smallest absolute Gasteiger partial charge is 0.253 e. The Bertz CT molecular complexity index is 566. The Balaban J connectivity index is 2.06. The second-order valence-corrected chi connectivity index (χ2v) is 4.55. The molecule has 0 heterocycles. The van der Waals surface area contributed by atoms with E-state index < -0.39 is 0 Å². The number of benzene rings is 2. The number of rotatable bonds is 6. The molecule has 0 atom stereocenters. The van der Waals surface area contributed by atoms with Crippen molar-refractivity contribution in [2.75, 3.05) is 19.7 Å². The highest BCUT2D eigenvalue weighted by atomic mass is 16.5. The number of aliphatic hydroxyl groups excluding tert-OH is 1. The van der Waals surface area contributed by atoms with Crippen LogP contribution in [0, 0.1) is 0 Å². The number of amides is 1. The van der Waals surface area contributed by atoms with Crippen molar-refractivity contribution in [3.8, 4) is 11.5 Å². The number of hydrogen-bond donors (Lipinski definition) is 1. The van der Waals surface area contributed by atoms with Crippen LogP contribution in [0.25, 0.3) is 0 Å². The molecule has 4 nitrogen and oxygen atoms in total. The van der Waals surface area contributed by atoms with Gasteiger partial charge < -0.3 is 14.7 Å². The summed E-state index contributed by atoms with van der Waals surface area (Å²) in [4.78, 5) is 13.8. The Morgan fingerprint density at radius 3 is 2.24 bits per heavy atom. The first-order valence-corrected chi connectivity index (χ1v) is 6.97. The summed E-state index contributed by atoms with van der Waals surface area (Å²) in [6.45, 7) is 2.77. The van der Waals surface area contributed by atoms with Gasteiger partial charge in [0.15, 0.2) is 0 Å². The number of aliphatic hydroxyl groups is 1. The van der Waals surface area contributed by atoms with Gasteiger partial charge in [-0.3, -0.25) is 4.79 Å². The molecule has 0 fully saturated rings. The molecule has 0 spiro atoms. The maximum Gasteiger partial charge on any atom is 0.253 e. The molecule has 1 amide bonds. The fraction of sp³-hybridized carbons (Fsp3) is 0.235. The second kappa shape index (κ2) is 7.45. The number of carbonyl (C=O) groups is 1. The summed E-state index contributed by atoms with van der Waals surface area (Å²) in [5, 5.41) is 8.96. The average molecular weight is 285 g/mol. The molecule has 0 saturated heterocycles. The highest BCUT2D eigenvalue weighted by Crippen LogP contribution is 2.21. The van der Waals surface area contributed by atoms with Crippen molar-refractivity contribution in [1.29, 1.82) is 0 Å². The molecule has 0 aliphatic heterocycles. The van der Waals surface area contributed by atoms with Gasteiger partial charge in [0.25, 0.3) is 5.91 Å². The van der Waals surface area contributed by atoms with Crippen LogP contribution in [0.1, 0.15) is 17.3 Å². The maximum atomic E-state index is 12.2. The molecule has 110 valence electrons. The van der Waals surface area contributed by atoms with Crippen molar-refractivity contribution < 1.29 is 14.6 Å². The van der Waals surface area contributed by atoms with Crippen LogP contribution in [0.3, 0.4) is 0 Å². The van der Waals surface area contributed by atoms with Crippen LogP contribution < -0.4 is 4.74 Å². The zero-order valence-corrected chi connectivity index (χ0v) is 12.0. The number of nitrogens with zero attached hydrogens (tertiary/aromatic N) is 1. The Morgan fingerprint density at radius 1 is 1.05 bits per heavy atom. The normalized spacial score (nSPS) is 10.2. The van der Waals surface area contributed by atoms with Crippen molar-refractivity contribution in [3.05, 3.63) is 60.2 Å². The third-order valence-corrected chi connectivity index (χ3v) is 3.12. The molecule has 0 aliphatic carbocycles. The van der Waals surface area contributed by atoms with Crippen LogP contribution in [-0.2, 0) is 0 Å². The van der Waals surface area contributed by atoms with E-state index in [1.54, 1.807) is 29.2 Å². The zero-order chi connectivity index (χ0) is 15.1. The summed E-state index contributed by atoms with van der Waals surface area (Å²) in [5.41, 5.74) is 0.589. The van der Waals surface area contributed by atoms with Gasteiger partial charge in [0.1, 0.15) is 11.5 Å². The number of likely N-dealkylation sites (N-methyl/N-ethyl adjacent to an activating group) is 1. The van der Waals surface area contributed by atoms with Gasteiger partial charge in [-0.1, -0.05) is 18.2 Å². The van der Waals surface area contributed by atoms with Crippen LogP contribution in [0.5, 0.6) is 11.5 Å². The fourth-order valence-corrected chi connectivity index (χ4v) is 2.00. The molecule has 2 aromatic carbocycles. The van der Waals surface area contributed by atoms with E-state index in [-0.39, 0.29) is 12.5 Å². The third kappa shape index (κ3) is 4.07. The number of para-hydroxylation sites is 1. The SMILES string of the molecule is CCN(CCO)C(=O)c1ccc(Oc2ccccc2)cc1. The summed E-state index contributed by atoms with van der Waals surface area (Å²) < 4.78 is 5.68. The largest absolute Gasteiger partial charge is 0.457 e. The number of ether oxygens (including phenoxy) is 1. The lowest BCUT2D eigenvalue weighted by molar-refractivity contribution is 0.0732. The Kier molecular flexibility index (Phi) is 5.35. The van der Waals surface area contributed by atoms with E-state index >= 15 is 0 Å². The second-order valence-electron chi connectivity index (χ2n) is 4.55. The Hall–Kier alpha value is -2.33. The van der Waals surface area contributed by atoms with Crippen molar-refractivity contribution in [3.63, 3.8) is 0 Å². The fourth-order valence-electron chi connectivity index (χ4n) is 2.00. The average Bonchev–Trinajstić information content (AvgIpc) is 2.54. The maximum absolute atomic E-state index is 12.2. The van der Waals surface area contributed by atoms with Gasteiger partial charge in [-0.05, 0) is 43.3 Å². The quantitative estimate of drug-likeness (QED) is 0.887. The topological polar surface area (TPSA) is 49.8 Å². The molecule has 0 unspecified atom stereocenters. The van der Waals surface area contributed by atoms with Crippen LogP contribution in [-0.4, -0.2) is 35.6 Å². The summed E-state index contributed by atoms with van der Waals surface area (Å²) in [5.74, 6) is 1.35. The van der Waals surface area contributed by atoms with Crippen LogP contribution in [0.4, 0.5) is 0 Å². The number of carbonyl (C=O) groups excluding carboxylic acids is 1. The molecule has 2 aromatic rings. The van der Waals surface area contributed by atoms with Gasteiger partial charge >= 0.3 is 0 Å². The molecule has 0 saturated carbocycles. The first-order chi connectivity index (χ1) is 10.2. The number of hydrogen-bond acceptors (Lipinski definition) is 3. The third-order valence-electron chi connectivity index (χ3n) is 3.12. The molecule has 4 heteroatoms. The minimum atomic E-state index is -0.0854. The van der Waals surface area contributed by atoms with E-state index in [0.717, 1.165) is 5.75 Å². The monoisotopic (exact) mass is 285 g/mol. The minimum Gasteiger partial charge on any atom is -0.457 e. The summed E-state index contributed by atoms with van der Waals surface area (Å²) in [6.07, 6.45) is 0. The van der Waals surface area contributed by atoms with Gasteiger partial charge in [0.2, 0.25) is 0 Å². The molecule has 0 aliphatic rings. The molecule has 0 aromatic heterocycles. The van der Waals surface area contributed by atoms with Gasteiger partial charge in [0, 0.05) is 18.7 Å². The lowest BCUT2D eigenvalue weighted by Gasteiger charge is -2.19. The van der Waals surface area contributed by atoms with E-state index in [1.165, 1.54) is 0 Å². The van der Waals surface area contributed by atoms with Crippen molar-refractivity contribution >= 4 is 5.91 Å². The predicted molar refractivity (Wildman–Crippen MR) is 81.6 cm³/mol. The van der Waals surface area contributed by atoms with Crippen LogP contribution in [0.2, 0.25) is 0 Å². The Labute approximate surface area is 124 Å². The molecule has 21 heavy (non-hydrogen) atoms. The van der Waals surface area contributed by atoms with E-state index in [4.69, 9.17) is 9.84 Å².